The van der Waals surface area contributed by atoms with Gasteiger partial charge in [0.05, 0.1) is 10.6 Å². The number of nitrogen functional groups attached to an aromatic ring is 1. The molecule has 0 bridgehead atoms. The molecule has 24 heavy (non-hydrogen) atoms. The number of rotatable bonds is 3. The van der Waals surface area contributed by atoms with Gasteiger partial charge < -0.3 is 15.8 Å². The molecule has 0 saturated carbocycles. The maximum absolute atomic E-state index is 12.2. The van der Waals surface area contributed by atoms with Crippen LogP contribution in [0.3, 0.4) is 0 Å². The second-order valence-electron chi connectivity index (χ2n) is 6.12. The highest BCUT2D eigenvalue weighted by atomic mass is 35.5. The van der Waals surface area contributed by atoms with Crippen molar-refractivity contribution in [3.63, 3.8) is 0 Å². The van der Waals surface area contributed by atoms with Crippen molar-refractivity contribution in [2.24, 2.45) is 0 Å². The number of nitrogens with zero attached hydrogens (tertiary/aromatic N) is 1. The monoisotopic (exact) mass is 347 g/mol. The number of carbonyl (C=O) groups is 2. The molecule has 1 amide bonds. The molecule has 2 rings (SSSR count). The van der Waals surface area contributed by atoms with Crippen molar-refractivity contribution in [2.45, 2.75) is 26.4 Å². The van der Waals surface area contributed by atoms with Gasteiger partial charge in [0, 0.05) is 17.4 Å². The van der Waals surface area contributed by atoms with Crippen LogP contribution >= 0.6 is 11.6 Å². The molecule has 0 atom stereocenters. The second-order valence-corrected chi connectivity index (χ2v) is 6.56. The molecule has 2 aromatic rings. The van der Waals surface area contributed by atoms with Crippen molar-refractivity contribution in [1.82, 2.24) is 4.98 Å². The first kappa shape index (κ1) is 17.7. The van der Waals surface area contributed by atoms with Gasteiger partial charge in [0.25, 0.3) is 5.91 Å². The lowest BCUT2D eigenvalue weighted by Gasteiger charge is -2.20. The number of hydrogen-bond donors (Lipinski definition) is 2. The highest BCUT2D eigenvalue weighted by Crippen LogP contribution is 2.19. The van der Waals surface area contributed by atoms with Crippen LogP contribution in [0.5, 0.6) is 0 Å². The van der Waals surface area contributed by atoms with Gasteiger partial charge in [-0.3, -0.25) is 4.79 Å². The van der Waals surface area contributed by atoms with E-state index in [2.05, 4.69) is 10.3 Å². The predicted octanol–water partition coefficient (Wildman–Crippen LogP) is 3.52. The fourth-order valence-electron chi connectivity index (χ4n) is 1.86. The minimum Gasteiger partial charge on any atom is -0.456 e. The van der Waals surface area contributed by atoms with Crippen LogP contribution in [0.1, 0.15) is 41.5 Å². The maximum atomic E-state index is 12.2. The van der Waals surface area contributed by atoms with Gasteiger partial charge in [-0.2, -0.15) is 0 Å². The van der Waals surface area contributed by atoms with E-state index in [1.54, 1.807) is 32.9 Å². The lowest BCUT2D eigenvalue weighted by molar-refractivity contribution is 0.00706. The minimum atomic E-state index is -0.625. The average molecular weight is 348 g/mol. The molecule has 7 heteroatoms. The number of carbonyl (C=O) groups excluding carboxylic acids is 2. The second kappa shape index (κ2) is 6.88. The van der Waals surface area contributed by atoms with E-state index >= 15 is 0 Å². The Morgan fingerprint density at radius 3 is 2.46 bits per heavy atom. The fourth-order valence-corrected chi connectivity index (χ4v) is 1.97. The number of ether oxygens (including phenoxy) is 1. The Bertz CT molecular complexity index is 768. The van der Waals surface area contributed by atoms with Crippen LogP contribution in [0.15, 0.2) is 36.5 Å². The normalized spacial score (nSPS) is 11.0. The third kappa shape index (κ3) is 4.70. The number of aromatic nitrogens is 1. The molecule has 6 nitrogen and oxygen atoms in total. The number of nitrogens with two attached hydrogens (primary N) is 1. The summed E-state index contributed by atoms with van der Waals surface area (Å²) in [5.74, 6) is -0.572. The lowest BCUT2D eigenvalue weighted by atomic mass is 10.1. The molecule has 0 fully saturated rings. The van der Waals surface area contributed by atoms with E-state index in [0.717, 1.165) is 0 Å². The third-order valence-corrected chi connectivity index (χ3v) is 3.13. The van der Waals surface area contributed by atoms with Gasteiger partial charge in [-0.15, -0.1) is 0 Å². The molecule has 126 valence electrons. The van der Waals surface area contributed by atoms with Crippen LogP contribution in [0, 0.1) is 0 Å². The van der Waals surface area contributed by atoms with Crippen LogP contribution in [0.4, 0.5) is 11.5 Å². The van der Waals surface area contributed by atoms with E-state index in [9.17, 15) is 9.59 Å². The summed E-state index contributed by atoms with van der Waals surface area (Å²) in [6.07, 6.45) is 1.43. The number of pyridine rings is 1. The van der Waals surface area contributed by atoms with Crippen LogP contribution < -0.4 is 11.1 Å². The summed E-state index contributed by atoms with van der Waals surface area (Å²) in [5.41, 5.74) is 5.94. The fraction of sp³-hybridized carbons (Fsp3) is 0.235. The van der Waals surface area contributed by atoms with Crippen molar-refractivity contribution in [1.29, 1.82) is 0 Å². The van der Waals surface area contributed by atoms with E-state index in [1.807, 2.05) is 0 Å². The van der Waals surface area contributed by atoms with Gasteiger partial charge in [0.1, 0.15) is 11.4 Å². The molecule has 3 N–H and O–H groups in total. The molecule has 0 unspecified atom stereocenters. The summed E-state index contributed by atoms with van der Waals surface area (Å²) in [6.45, 7) is 5.30. The number of nitrogens with one attached hydrogen (secondary N) is 1. The predicted molar refractivity (Wildman–Crippen MR) is 93.2 cm³/mol. The molecule has 0 spiro atoms. The Hall–Kier alpha value is -2.60. The van der Waals surface area contributed by atoms with Crippen LogP contribution in [0.25, 0.3) is 0 Å². The van der Waals surface area contributed by atoms with Crippen molar-refractivity contribution in [3.8, 4) is 0 Å². The Morgan fingerprint density at radius 1 is 1.21 bits per heavy atom. The number of anilines is 2. The Morgan fingerprint density at radius 2 is 1.92 bits per heavy atom. The molecule has 0 radical (unpaired) electrons. The van der Waals surface area contributed by atoms with E-state index in [-0.39, 0.29) is 11.3 Å². The Balaban J connectivity index is 2.15. The molecule has 1 aromatic heterocycles. The topological polar surface area (TPSA) is 94.3 Å². The first-order valence-electron chi connectivity index (χ1n) is 7.21. The zero-order valence-corrected chi connectivity index (χ0v) is 14.3. The van der Waals surface area contributed by atoms with E-state index < -0.39 is 17.5 Å². The van der Waals surface area contributed by atoms with Crippen molar-refractivity contribution in [2.75, 3.05) is 11.1 Å². The first-order valence-corrected chi connectivity index (χ1v) is 7.59. The van der Waals surface area contributed by atoms with Crippen molar-refractivity contribution < 1.29 is 14.3 Å². The molecule has 0 aliphatic heterocycles. The quantitative estimate of drug-likeness (QED) is 0.654. The number of hydrogen-bond acceptors (Lipinski definition) is 5. The molecular weight excluding hydrogens is 330 g/mol. The van der Waals surface area contributed by atoms with E-state index in [1.165, 1.54) is 24.4 Å². The summed E-state index contributed by atoms with van der Waals surface area (Å²) in [7, 11) is 0. The van der Waals surface area contributed by atoms with Crippen LogP contribution in [0.2, 0.25) is 5.02 Å². The van der Waals surface area contributed by atoms with Gasteiger partial charge in [-0.1, -0.05) is 11.6 Å². The molecule has 1 aromatic carbocycles. The first-order chi connectivity index (χ1) is 11.2. The number of benzene rings is 1. The summed E-state index contributed by atoms with van der Waals surface area (Å²) >= 11 is 5.74. The number of halogens is 1. The molecule has 0 aliphatic carbocycles. The van der Waals surface area contributed by atoms with Crippen molar-refractivity contribution in [3.05, 3.63) is 52.7 Å². The van der Waals surface area contributed by atoms with Crippen LogP contribution in [-0.4, -0.2) is 22.5 Å². The zero-order chi connectivity index (χ0) is 17.9. The molecular formula is C17H18ClN3O3. The van der Waals surface area contributed by atoms with Crippen LogP contribution in [-0.2, 0) is 4.74 Å². The summed E-state index contributed by atoms with van der Waals surface area (Å²) in [4.78, 5) is 28.2. The minimum absolute atomic E-state index is 0.168. The van der Waals surface area contributed by atoms with Gasteiger partial charge in [0.2, 0.25) is 0 Å². The maximum Gasteiger partial charge on any atom is 0.340 e. The van der Waals surface area contributed by atoms with E-state index in [4.69, 9.17) is 22.1 Å². The summed E-state index contributed by atoms with van der Waals surface area (Å²) in [6, 6.07) is 7.59. The average Bonchev–Trinajstić information content (AvgIpc) is 2.47. The zero-order valence-electron chi connectivity index (χ0n) is 13.6. The SMILES string of the molecule is CC(C)(C)OC(=O)c1ccc(C(=O)Nc2ccc(Cl)cn2)cc1N. The smallest absolute Gasteiger partial charge is 0.340 e. The molecule has 0 saturated heterocycles. The van der Waals surface area contributed by atoms with Gasteiger partial charge in [-0.25, -0.2) is 9.78 Å². The highest BCUT2D eigenvalue weighted by Gasteiger charge is 2.20. The summed E-state index contributed by atoms with van der Waals surface area (Å²) < 4.78 is 5.27. The third-order valence-electron chi connectivity index (χ3n) is 2.90. The standard InChI is InChI=1S/C17H18ClN3O3/c1-17(2,3)24-16(23)12-6-4-10(8-13(12)19)15(22)21-14-7-5-11(18)9-20-14/h4-9H,19H2,1-3H3,(H,20,21,22). The highest BCUT2D eigenvalue weighted by molar-refractivity contribution is 6.30. The Kier molecular flexibility index (Phi) is 5.09. The molecule has 1 heterocycles. The van der Waals surface area contributed by atoms with Gasteiger partial charge in [-0.05, 0) is 51.1 Å². The van der Waals surface area contributed by atoms with Gasteiger partial charge >= 0.3 is 5.97 Å². The van der Waals surface area contributed by atoms with Crippen molar-refractivity contribution >= 4 is 35.0 Å². The number of esters is 1. The molecule has 0 aliphatic rings. The summed E-state index contributed by atoms with van der Waals surface area (Å²) in [5, 5.41) is 3.09. The number of amides is 1. The Labute approximate surface area is 145 Å². The van der Waals surface area contributed by atoms with Gasteiger partial charge in [0.15, 0.2) is 0 Å². The largest absolute Gasteiger partial charge is 0.456 e. The lowest BCUT2D eigenvalue weighted by Crippen LogP contribution is -2.24. The van der Waals surface area contributed by atoms with E-state index in [0.29, 0.717) is 16.4 Å².